The Bertz CT molecular complexity index is 527. The molecule has 1 aromatic rings. The van der Waals surface area contributed by atoms with Gasteiger partial charge in [-0.1, -0.05) is 0 Å². The smallest absolute Gasteiger partial charge is 0.339 e. The summed E-state index contributed by atoms with van der Waals surface area (Å²) in [5, 5.41) is 2.69. The number of benzene rings is 1. The van der Waals surface area contributed by atoms with Crippen molar-refractivity contribution in [3.8, 4) is 11.5 Å². The van der Waals surface area contributed by atoms with Crippen molar-refractivity contribution < 1.29 is 23.8 Å². The van der Waals surface area contributed by atoms with Gasteiger partial charge in [0.1, 0.15) is 0 Å². The van der Waals surface area contributed by atoms with Gasteiger partial charge in [-0.05, 0) is 45.9 Å². The standard InChI is InChI=1S/C16H23NO5/c1-6-21-14-9-12(7-8-13(14)20-5)16(19)22-11(4)15(18)17-10(2)3/h7-11H,6H2,1-5H3,(H,17,18)/t11-/m0/s1. The van der Waals surface area contributed by atoms with E-state index in [-0.39, 0.29) is 11.9 Å². The molecule has 22 heavy (non-hydrogen) atoms. The van der Waals surface area contributed by atoms with E-state index in [2.05, 4.69) is 5.32 Å². The lowest BCUT2D eigenvalue weighted by atomic mass is 10.2. The lowest BCUT2D eigenvalue weighted by Gasteiger charge is -2.16. The van der Waals surface area contributed by atoms with Gasteiger partial charge in [-0.2, -0.15) is 0 Å². The third-order valence-corrected chi connectivity index (χ3v) is 2.78. The monoisotopic (exact) mass is 309 g/mol. The fraction of sp³-hybridized carbons (Fsp3) is 0.500. The molecule has 122 valence electrons. The number of rotatable bonds is 7. The molecule has 1 atom stereocenters. The first-order valence-electron chi connectivity index (χ1n) is 7.21. The summed E-state index contributed by atoms with van der Waals surface area (Å²) in [6, 6.07) is 4.72. The van der Waals surface area contributed by atoms with Gasteiger partial charge in [0.2, 0.25) is 0 Å². The quantitative estimate of drug-likeness (QED) is 0.781. The Kier molecular flexibility index (Phi) is 6.69. The Balaban J connectivity index is 2.80. The molecule has 0 aliphatic rings. The third-order valence-electron chi connectivity index (χ3n) is 2.78. The highest BCUT2D eigenvalue weighted by Crippen LogP contribution is 2.28. The van der Waals surface area contributed by atoms with Crippen LogP contribution < -0.4 is 14.8 Å². The molecule has 1 N–H and O–H groups in total. The molecule has 1 aromatic carbocycles. The summed E-state index contributed by atoms with van der Waals surface area (Å²) in [5.41, 5.74) is 0.299. The third kappa shape index (κ3) is 4.95. The van der Waals surface area contributed by atoms with Gasteiger partial charge in [-0.15, -0.1) is 0 Å². The van der Waals surface area contributed by atoms with Crippen molar-refractivity contribution in [2.24, 2.45) is 0 Å². The van der Waals surface area contributed by atoms with Gasteiger partial charge in [-0.25, -0.2) is 4.79 Å². The van der Waals surface area contributed by atoms with Gasteiger partial charge in [0.15, 0.2) is 17.6 Å². The second-order valence-corrected chi connectivity index (χ2v) is 5.01. The van der Waals surface area contributed by atoms with Crippen LogP contribution in [0, 0.1) is 0 Å². The Hall–Kier alpha value is -2.24. The fourth-order valence-corrected chi connectivity index (χ4v) is 1.76. The number of hydrogen-bond donors (Lipinski definition) is 1. The number of amides is 1. The number of carbonyl (C=O) groups excluding carboxylic acids is 2. The van der Waals surface area contributed by atoms with E-state index in [9.17, 15) is 9.59 Å². The van der Waals surface area contributed by atoms with Crippen LogP contribution in [-0.2, 0) is 9.53 Å². The summed E-state index contributed by atoms with van der Waals surface area (Å²) in [7, 11) is 1.52. The molecular weight excluding hydrogens is 286 g/mol. The normalized spacial score (nSPS) is 11.7. The van der Waals surface area contributed by atoms with Gasteiger partial charge < -0.3 is 19.5 Å². The predicted molar refractivity (Wildman–Crippen MR) is 82.3 cm³/mol. The molecule has 0 aromatic heterocycles. The number of esters is 1. The van der Waals surface area contributed by atoms with Gasteiger partial charge in [0.25, 0.3) is 5.91 Å². The number of hydrogen-bond acceptors (Lipinski definition) is 5. The minimum Gasteiger partial charge on any atom is -0.493 e. The summed E-state index contributed by atoms with van der Waals surface area (Å²) in [4.78, 5) is 23.9. The van der Waals surface area contributed by atoms with Crippen LogP contribution >= 0.6 is 0 Å². The lowest BCUT2D eigenvalue weighted by Crippen LogP contribution is -2.39. The SMILES string of the molecule is CCOc1cc(C(=O)O[C@@H](C)C(=O)NC(C)C)ccc1OC. The molecule has 1 amide bonds. The number of methoxy groups -OCH3 is 1. The molecule has 0 aliphatic carbocycles. The zero-order valence-electron chi connectivity index (χ0n) is 13.6. The van der Waals surface area contributed by atoms with Crippen LogP contribution in [0.2, 0.25) is 0 Å². The highest BCUT2D eigenvalue weighted by Gasteiger charge is 2.20. The number of carbonyl (C=O) groups is 2. The molecule has 0 spiro atoms. The molecule has 6 nitrogen and oxygen atoms in total. The van der Waals surface area contributed by atoms with Gasteiger partial charge in [0, 0.05) is 6.04 Å². The first-order valence-corrected chi connectivity index (χ1v) is 7.21. The van der Waals surface area contributed by atoms with Crippen molar-refractivity contribution in [2.45, 2.75) is 39.8 Å². The molecule has 0 bridgehead atoms. The average Bonchev–Trinajstić information content (AvgIpc) is 2.46. The first-order chi connectivity index (χ1) is 10.4. The van der Waals surface area contributed by atoms with Crippen LogP contribution in [0.5, 0.6) is 11.5 Å². The Labute approximate surface area is 130 Å². The van der Waals surface area contributed by atoms with Crippen LogP contribution in [0.3, 0.4) is 0 Å². The van der Waals surface area contributed by atoms with Crippen LogP contribution in [-0.4, -0.2) is 37.7 Å². The Morgan fingerprint density at radius 3 is 2.41 bits per heavy atom. The van der Waals surface area contributed by atoms with Gasteiger partial charge in [-0.3, -0.25) is 4.79 Å². The molecule has 0 saturated heterocycles. The number of nitrogens with one attached hydrogen (secondary N) is 1. The van der Waals surface area contributed by atoms with E-state index < -0.39 is 12.1 Å². The van der Waals surface area contributed by atoms with Crippen molar-refractivity contribution in [3.63, 3.8) is 0 Å². The Morgan fingerprint density at radius 2 is 1.86 bits per heavy atom. The topological polar surface area (TPSA) is 73.9 Å². The lowest BCUT2D eigenvalue weighted by molar-refractivity contribution is -0.129. The van der Waals surface area contributed by atoms with Crippen LogP contribution in [0.1, 0.15) is 38.1 Å². The molecule has 0 saturated carbocycles. The second-order valence-electron chi connectivity index (χ2n) is 5.01. The summed E-state index contributed by atoms with van der Waals surface area (Å²) < 4.78 is 15.7. The maximum Gasteiger partial charge on any atom is 0.339 e. The first kappa shape index (κ1) is 17.8. The van der Waals surface area contributed by atoms with Crippen molar-refractivity contribution in [3.05, 3.63) is 23.8 Å². The van der Waals surface area contributed by atoms with E-state index in [1.807, 2.05) is 20.8 Å². The highest BCUT2D eigenvalue weighted by atomic mass is 16.5. The zero-order valence-corrected chi connectivity index (χ0v) is 13.6. The largest absolute Gasteiger partial charge is 0.493 e. The molecule has 0 heterocycles. The summed E-state index contributed by atoms with van der Waals surface area (Å²) in [5.74, 6) is 0.0691. The molecule has 0 aliphatic heterocycles. The van der Waals surface area contributed by atoms with E-state index >= 15 is 0 Å². The zero-order chi connectivity index (χ0) is 16.7. The van der Waals surface area contributed by atoms with E-state index in [0.717, 1.165) is 0 Å². The van der Waals surface area contributed by atoms with Gasteiger partial charge in [0.05, 0.1) is 19.3 Å². The maximum absolute atomic E-state index is 12.1. The Morgan fingerprint density at radius 1 is 1.18 bits per heavy atom. The predicted octanol–water partition coefficient (Wildman–Crippen LogP) is 2.16. The summed E-state index contributed by atoms with van der Waals surface area (Å²) in [6.45, 7) is 7.49. The molecule has 6 heteroatoms. The molecular formula is C16H23NO5. The molecule has 0 radical (unpaired) electrons. The minimum atomic E-state index is -0.868. The molecule has 1 rings (SSSR count). The maximum atomic E-state index is 12.1. The van der Waals surface area contributed by atoms with E-state index in [1.165, 1.54) is 20.1 Å². The summed E-state index contributed by atoms with van der Waals surface area (Å²) in [6.07, 6.45) is -0.868. The van der Waals surface area contributed by atoms with E-state index in [4.69, 9.17) is 14.2 Å². The van der Waals surface area contributed by atoms with Crippen molar-refractivity contribution >= 4 is 11.9 Å². The average molecular weight is 309 g/mol. The van der Waals surface area contributed by atoms with Crippen molar-refractivity contribution in [1.29, 1.82) is 0 Å². The minimum absolute atomic E-state index is 0.0146. The van der Waals surface area contributed by atoms with Crippen molar-refractivity contribution in [1.82, 2.24) is 5.32 Å². The van der Waals surface area contributed by atoms with Gasteiger partial charge >= 0.3 is 5.97 Å². The molecule has 0 unspecified atom stereocenters. The van der Waals surface area contributed by atoms with Crippen LogP contribution in [0.4, 0.5) is 0 Å². The summed E-state index contributed by atoms with van der Waals surface area (Å²) >= 11 is 0. The van der Waals surface area contributed by atoms with Crippen LogP contribution in [0.15, 0.2) is 18.2 Å². The van der Waals surface area contributed by atoms with E-state index in [1.54, 1.807) is 12.1 Å². The molecule has 0 fully saturated rings. The van der Waals surface area contributed by atoms with Crippen molar-refractivity contribution in [2.75, 3.05) is 13.7 Å². The number of ether oxygens (including phenoxy) is 3. The highest BCUT2D eigenvalue weighted by molar-refractivity contribution is 5.92. The fourth-order valence-electron chi connectivity index (χ4n) is 1.76. The van der Waals surface area contributed by atoms with E-state index in [0.29, 0.717) is 23.7 Å². The van der Waals surface area contributed by atoms with Crippen LogP contribution in [0.25, 0.3) is 0 Å². The second kappa shape index (κ2) is 8.26.